The van der Waals surface area contributed by atoms with Crippen LogP contribution < -0.4 is 14.4 Å². The zero-order chi connectivity index (χ0) is 17.3. The van der Waals surface area contributed by atoms with Gasteiger partial charge in [-0.05, 0) is 37.3 Å². The number of nitrogens with one attached hydrogen (secondary N) is 1. The quantitative estimate of drug-likeness (QED) is 0.861. The molecule has 3 rings (SSSR count). The van der Waals surface area contributed by atoms with E-state index in [1.165, 1.54) is 19.1 Å². The smallest absolute Gasteiger partial charge is 0.261 e. The summed E-state index contributed by atoms with van der Waals surface area (Å²) in [6.07, 6.45) is 0. The van der Waals surface area contributed by atoms with E-state index in [9.17, 15) is 13.2 Å². The van der Waals surface area contributed by atoms with Crippen LogP contribution in [0.1, 0.15) is 17.3 Å². The van der Waals surface area contributed by atoms with Gasteiger partial charge in [-0.3, -0.25) is 9.52 Å². The third-order valence-electron chi connectivity index (χ3n) is 3.86. The number of anilines is 2. The lowest BCUT2D eigenvalue weighted by Crippen LogP contribution is -2.28. The molecule has 1 aliphatic heterocycles. The lowest BCUT2D eigenvalue weighted by atomic mass is 10.2. The summed E-state index contributed by atoms with van der Waals surface area (Å²) >= 11 is 0. The van der Waals surface area contributed by atoms with Crippen LogP contribution in [-0.2, 0) is 10.0 Å². The van der Waals surface area contributed by atoms with Gasteiger partial charge in [-0.15, -0.1) is 0 Å². The highest BCUT2D eigenvalue weighted by molar-refractivity contribution is 7.92. The molecule has 1 N–H and O–H groups in total. The molecule has 1 aliphatic rings. The minimum atomic E-state index is -3.77. The van der Waals surface area contributed by atoms with Gasteiger partial charge in [0.25, 0.3) is 10.0 Å². The molecule has 0 aliphatic carbocycles. The number of Topliss-reactive ketones (excluding diaryl/α,β-unsaturated/α-hetero) is 1. The van der Waals surface area contributed by atoms with Crippen LogP contribution in [0.5, 0.6) is 5.75 Å². The summed E-state index contributed by atoms with van der Waals surface area (Å²) in [5.41, 5.74) is 1.63. The van der Waals surface area contributed by atoms with E-state index in [4.69, 9.17) is 4.74 Å². The van der Waals surface area contributed by atoms with Crippen LogP contribution in [0.4, 0.5) is 11.4 Å². The number of nitrogens with zero attached hydrogens (tertiary/aromatic N) is 1. The van der Waals surface area contributed by atoms with Crippen molar-refractivity contribution in [2.45, 2.75) is 11.8 Å². The Bertz CT molecular complexity index is 893. The largest absolute Gasteiger partial charge is 0.490 e. The third kappa shape index (κ3) is 3.21. The second-order valence-electron chi connectivity index (χ2n) is 5.64. The molecule has 0 aromatic heterocycles. The Morgan fingerprint density at radius 1 is 1.21 bits per heavy atom. The first-order valence-corrected chi connectivity index (χ1v) is 8.97. The molecule has 24 heavy (non-hydrogen) atoms. The second kappa shape index (κ2) is 6.16. The zero-order valence-electron chi connectivity index (χ0n) is 13.4. The van der Waals surface area contributed by atoms with Crippen molar-refractivity contribution in [3.8, 4) is 5.75 Å². The Kier molecular flexibility index (Phi) is 4.19. The first-order valence-electron chi connectivity index (χ1n) is 7.48. The molecule has 126 valence electrons. The Balaban J connectivity index is 1.91. The summed E-state index contributed by atoms with van der Waals surface area (Å²) in [6, 6.07) is 11.1. The molecule has 0 saturated carbocycles. The molecule has 0 spiro atoms. The van der Waals surface area contributed by atoms with Crippen molar-refractivity contribution in [2.24, 2.45) is 0 Å². The molecule has 0 atom stereocenters. The van der Waals surface area contributed by atoms with Crippen molar-refractivity contribution in [3.05, 3.63) is 48.0 Å². The Hall–Kier alpha value is -2.54. The van der Waals surface area contributed by atoms with Crippen molar-refractivity contribution in [3.63, 3.8) is 0 Å². The van der Waals surface area contributed by atoms with E-state index in [2.05, 4.69) is 4.72 Å². The van der Waals surface area contributed by atoms with Crippen molar-refractivity contribution in [2.75, 3.05) is 29.8 Å². The van der Waals surface area contributed by atoms with Gasteiger partial charge in [0.2, 0.25) is 0 Å². The number of benzene rings is 2. The topological polar surface area (TPSA) is 75.7 Å². The average Bonchev–Trinajstić information content (AvgIpc) is 2.55. The van der Waals surface area contributed by atoms with E-state index in [0.29, 0.717) is 17.9 Å². The molecule has 0 bridgehead atoms. The van der Waals surface area contributed by atoms with Gasteiger partial charge in [0, 0.05) is 12.6 Å². The molecule has 0 saturated heterocycles. The summed E-state index contributed by atoms with van der Waals surface area (Å²) in [5.74, 6) is 0.546. The molecule has 0 amide bonds. The minimum absolute atomic E-state index is 0.0533. The lowest BCUT2D eigenvalue weighted by molar-refractivity contribution is 0.101. The van der Waals surface area contributed by atoms with Crippen LogP contribution in [0.3, 0.4) is 0 Å². The SMILES string of the molecule is CC(=O)c1cccc(S(=O)(=O)Nc2ccc3c(c2)N(C)CCO3)c1. The van der Waals surface area contributed by atoms with Crippen molar-refractivity contribution < 1.29 is 17.9 Å². The van der Waals surface area contributed by atoms with Crippen LogP contribution in [0.25, 0.3) is 0 Å². The van der Waals surface area contributed by atoms with E-state index < -0.39 is 10.0 Å². The van der Waals surface area contributed by atoms with Crippen LogP contribution in [0.2, 0.25) is 0 Å². The van der Waals surface area contributed by atoms with Gasteiger partial charge in [-0.2, -0.15) is 0 Å². The van der Waals surface area contributed by atoms with Gasteiger partial charge in [0.05, 0.1) is 22.8 Å². The summed E-state index contributed by atoms with van der Waals surface area (Å²) in [6.45, 7) is 2.74. The summed E-state index contributed by atoms with van der Waals surface area (Å²) < 4.78 is 33.2. The van der Waals surface area contributed by atoms with E-state index in [-0.39, 0.29) is 10.7 Å². The number of fused-ring (bicyclic) bond motifs is 1. The third-order valence-corrected chi connectivity index (χ3v) is 5.24. The monoisotopic (exact) mass is 346 g/mol. The molecule has 6 nitrogen and oxygen atoms in total. The molecular formula is C17H18N2O4S. The Morgan fingerprint density at radius 2 is 2.00 bits per heavy atom. The van der Waals surface area contributed by atoms with Crippen LogP contribution in [0, 0.1) is 0 Å². The van der Waals surface area contributed by atoms with Crippen molar-refractivity contribution in [1.82, 2.24) is 0 Å². The molecule has 2 aromatic carbocycles. The van der Waals surface area contributed by atoms with E-state index >= 15 is 0 Å². The first-order chi connectivity index (χ1) is 11.4. The standard InChI is InChI=1S/C17H18N2O4S/c1-12(20)13-4-3-5-15(10-13)24(21,22)18-14-6-7-17-16(11-14)19(2)8-9-23-17/h3-7,10-11,18H,8-9H2,1-2H3. The fourth-order valence-electron chi connectivity index (χ4n) is 2.51. The molecular weight excluding hydrogens is 328 g/mol. The number of carbonyl (C=O) groups excluding carboxylic acids is 1. The predicted molar refractivity (Wildman–Crippen MR) is 92.5 cm³/mol. The number of carbonyl (C=O) groups is 1. The van der Waals surface area contributed by atoms with Gasteiger partial charge in [-0.1, -0.05) is 12.1 Å². The van der Waals surface area contributed by atoms with E-state index in [1.54, 1.807) is 30.3 Å². The number of ether oxygens (including phenoxy) is 1. The average molecular weight is 346 g/mol. The fraction of sp³-hybridized carbons (Fsp3) is 0.235. The number of ketones is 1. The highest BCUT2D eigenvalue weighted by atomic mass is 32.2. The summed E-state index contributed by atoms with van der Waals surface area (Å²) in [4.78, 5) is 13.5. The van der Waals surface area contributed by atoms with Crippen LogP contribution >= 0.6 is 0 Å². The predicted octanol–water partition coefficient (Wildman–Crippen LogP) is 2.52. The van der Waals surface area contributed by atoms with Crippen molar-refractivity contribution >= 4 is 27.2 Å². The highest BCUT2D eigenvalue weighted by Crippen LogP contribution is 2.33. The lowest BCUT2D eigenvalue weighted by Gasteiger charge is -2.28. The van der Waals surface area contributed by atoms with Gasteiger partial charge in [0.1, 0.15) is 12.4 Å². The Labute approximate surface area is 141 Å². The second-order valence-corrected chi connectivity index (χ2v) is 7.32. The van der Waals surface area contributed by atoms with Gasteiger partial charge in [0.15, 0.2) is 5.78 Å². The summed E-state index contributed by atoms with van der Waals surface area (Å²) in [5, 5.41) is 0. The zero-order valence-corrected chi connectivity index (χ0v) is 14.3. The maximum atomic E-state index is 12.6. The molecule has 0 radical (unpaired) electrons. The van der Waals surface area contributed by atoms with Gasteiger partial charge < -0.3 is 9.64 Å². The summed E-state index contributed by atoms with van der Waals surface area (Å²) in [7, 11) is -1.85. The normalized spacial score (nSPS) is 13.8. The van der Waals surface area contributed by atoms with E-state index in [0.717, 1.165) is 18.0 Å². The first kappa shape index (κ1) is 16.3. The van der Waals surface area contributed by atoms with Gasteiger partial charge >= 0.3 is 0 Å². The number of likely N-dealkylation sites (N-methyl/N-ethyl adjacent to an activating group) is 1. The highest BCUT2D eigenvalue weighted by Gasteiger charge is 2.19. The minimum Gasteiger partial charge on any atom is -0.490 e. The number of sulfonamides is 1. The van der Waals surface area contributed by atoms with E-state index in [1.807, 2.05) is 11.9 Å². The molecule has 0 fully saturated rings. The number of rotatable bonds is 4. The fourth-order valence-corrected chi connectivity index (χ4v) is 3.61. The maximum Gasteiger partial charge on any atom is 0.261 e. The molecule has 0 unspecified atom stereocenters. The maximum absolute atomic E-state index is 12.6. The number of hydrogen-bond donors (Lipinski definition) is 1. The van der Waals surface area contributed by atoms with Crippen LogP contribution in [0.15, 0.2) is 47.4 Å². The Morgan fingerprint density at radius 3 is 2.75 bits per heavy atom. The van der Waals surface area contributed by atoms with Gasteiger partial charge in [-0.25, -0.2) is 8.42 Å². The van der Waals surface area contributed by atoms with Crippen LogP contribution in [-0.4, -0.2) is 34.4 Å². The molecule has 2 aromatic rings. The molecule has 1 heterocycles. The number of hydrogen-bond acceptors (Lipinski definition) is 5. The molecule has 7 heteroatoms. The van der Waals surface area contributed by atoms with Crippen molar-refractivity contribution in [1.29, 1.82) is 0 Å².